The molecule has 1 aliphatic heterocycles. The summed E-state index contributed by atoms with van der Waals surface area (Å²) in [5.41, 5.74) is -0.00122. The zero-order valence-corrected chi connectivity index (χ0v) is 16.3. The average molecular weight is 435 g/mol. The summed E-state index contributed by atoms with van der Waals surface area (Å²) in [6.07, 6.45) is 0. The first-order valence-electron chi connectivity index (χ1n) is 7.86. The lowest BCUT2D eigenvalue weighted by Crippen LogP contribution is -2.40. The van der Waals surface area contributed by atoms with Gasteiger partial charge in [0.25, 0.3) is 10.0 Å². The standard InChI is InChI=1S/C16H16ClFN2O5S2/c17-12-4-5-16(15(18)10-12)26(21,22)19-13-2-1-3-14(11-13)27(23,24)20-6-8-25-9-7-20/h1-5,10-11,19H,6-9H2. The highest BCUT2D eigenvalue weighted by molar-refractivity contribution is 7.92. The SMILES string of the molecule is O=S(=O)(Nc1cccc(S(=O)(=O)N2CCOCC2)c1)c1ccc(Cl)cc1F. The van der Waals surface area contributed by atoms with E-state index in [0.29, 0.717) is 13.2 Å². The van der Waals surface area contributed by atoms with Crippen molar-refractivity contribution in [2.75, 3.05) is 31.0 Å². The van der Waals surface area contributed by atoms with Crippen molar-refractivity contribution in [3.63, 3.8) is 0 Å². The highest BCUT2D eigenvalue weighted by atomic mass is 35.5. The van der Waals surface area contributed by atoms with Gasteiger partial charge in [-0.3, -0.25) is 4.72 Å². The van der Waals surface area contributed by atoms with Gasteiger partial charge in [-0.05, 0) is 36.4 Å². The number of sulfonamides is 2. The Morgan fingerprint density at radius 3 is 2.41 bits per heavy atom. The Kier molecular flexibility index (Phi) is 5.73. The maximum Gasteiger partial charge on any atom is 0.264 e. The van der Waals surface area contributed by atoms with Crippen LogP contribution in [0, 0.1) is 5.82 Å². The average Bonchev–Trinajstić information content (AvgIpc) is 2.62. The van der Waals surface area contributed by atoms with Crippen molar-refractivity contribution in [1.82, 2.24) is 4.31 Å². The summed E-state index contributed by atoms with van der Waals surface area (Å²) >= 11 is 5.64. The number of anilines is 1. The molecule has 2 aromatic rings. The van der Waals surface area contributed by atoms with Crippen LogP contribution in [0.3, 0.4) is 0 Å². The summed E-state index contributed by atoms with van der Waals surface area (Å²) in [5, 5.41) is 0.0602. The number of halogens is 2. The first-order chi connectivity index (χ1) is 12.7. The van der Waals surface area contributed by atoms with Gasteiger partial charge in [0.1, 0.15) is 10.7 Å². The number of nitrogens with one attached hydrogen (secondary N) is 1. The van der Waals surface area contributed by atoms with Crippen LogP contribution in [0.4, 0.5) is 10.1 Å². The molecular weight excluding hydrogens is 419 g/mol. The van der Waals surface area contributed by atoms with Crippen LogP contribution in [-0.2, 0) is 24.8 Å². The minimum absolute atomic E-state index is 0.00122. The second kappa shape index (κ2) is 7.72. The molecule has 7 nitrogen and oxygen atoms in total. The molecule has 1 saturated heterocycles. The molecule has 0 spiro atoms. The van der Waals surface area contributed by atoms with Crippen molar-refractivity contribution in [2.24, 2.45) is 0 Å². The van der Waals surface area contributed by atoms with Crippen molar-refractivity contribution in [1.29, 1.82) is 0 Å². The van der Waals surface area contributed by atoms with Gasteiger partial charge in [0, 0.05) is 18.1 Å². The van der Waals surface area contributed by atoms with E-state index in [0.717, 1.165) is 12.1 Å². The van der Waals surface area contributed by atoms with Crippen LogP contribution in [0.2, 0.25) is 5.02 Å². The van der Waals surface area contributed by atoms with Gasteiger partial charge in [0.05, 0.1) is 23.8 Å². The molecule has 0 saturated carbocycles. The summed E-state index contributed by atoms with van der Waals surface area (Å²) in [6, 6.07) is 8.51. The van der Waals surface area contributed by atoms with Crippen molar-refractivity contribution in [3.8, 4) is 0 Å². The molecule has 0 atom stereocenters. The molecule has 1 heterocycles. The Morgan fingerprint density at radius 2 is 1.74 bits per heavy atom. The van der Waals surface area contributed by atoms with Gasteiger partial charge >= 0.3 is 0 Å². The minimum atomic E-state index is -4.26. The van der Waals surface area contributed by atoms with Crippen LogP contribution in [-0.4, -0.2) is 47.4 Å². The molecule has 0 radical (unpaired) electrons. The molecule has 11 heteroatoms. The van der Waals surface area contributed by atoms with Crippen LogP contribution in [0.15, 0.2) is 52.3 Å². The normalized spacial score (nSPS) is 16.2. The van der Waals surface area contributed by atoms with E-state index in [1.165, 1.54) is 34.6 Å². The Morgan fingerprint density at radius 1 is 1.04 bits per heavy atom. The summed E-state index contributed by atoms with van der Waals surface area (Å²) in [4.78, 5) is -0.658. The van der Waals surface area contributed by atoms with Crippen LogP contribution >= 0.6 is 11.6 Å². The zero-order chi connectivity index (χ0) is 19.7. The van der Waals surface area contributed by atoms with Crippen LogP contribution in [0.25, 0.3) is 0 Å². The van der Waals surface area contributed by atoms with Crippen LogP contribution < -0.4 is 4.72 Å². The molecule has 0 aliphatic carbocycles. The molecular formula is C16H16ClFN2O5S2. The maximum atomic E-state index is 13.9. The molecule has 2 aromatic carbocycles. The fourth-order valence-electron chi connectivity index (χ4n) is 2.56. The fraction of sp³-hybridized carbons (Fsp3) is 0.250. The summed E-state index contributed by atoms with van der Waals surface area (Å²) in [7, 11) is -8.05. The smallest absolute Gasteiger partial charge is 0.264 e. The van der Waals surface area contributed by atoms with Gasteiger partial charge in [0.2, 0.25) is 10.0 Å². The Bertz CT molecular complexity index is 1050. The lowest BCUT2D eigenvalue weighted by atomic mass is 10.3. The quantitative estimate of drug-likeness (QED) is 0.779. The van der Waals surface area contributed by atoms with E-state index in [-0.39, 0.29) is 28.7 Å². The van der Waals surface area contributed by atoms with Crippen molar-refractivity contribution < 1.29 is 26.0 Å². The second-order valence-electron chi connectivity index (χ2n) is 5.72. The highest BCUT2D eigenvalue weighted by Gasteiger charge is 2.27. The van der Waals surface area contributed by atoms with Crippen molar-refractivity contribution in [2.45, 2.75) is 9.79 Å². The molecule has 0 aromatic heterocycles. The van der Waals surface area contributed by atoms with E-state index in [1.54, 1.807) is 0 Å². The number of hydrogen-bond donors (Lipinski definition) is 1. The summed E-state index contributed by atoms with van der Waals surface area (Å²) < 4.78 is 72.8. The van der Waals surface area contributed by atoms with E-state index in [1.807, 2.05) is 0 Å². The molecule has 1 fully saturated rings. The van der Waals surface area contributed by atoms with Gasteiger partial charge in [-0.1, -0.05) is 17.7 Å². The van der Waals surface area contributed by atoms with Gasteiger partial charge in [-0.2, -0.15) is 4.31 Å². The van der Waals surface area contributed by atoms with E-state index < -0.39 is 30.8 Å². The maximum absolute atomic E-state index is 13.9. The number of morpholine rings is 1. The lowest BCUT2D eigenvalue weighted by molar-refractivity contribution is 0.0730. The van der Waals surface area contributed by atoms with Crippen molar-refractivity contribution in [3.05, 3.63) is 53.3 Å². The lowest BCUT2D eigenvalue weighted by Gasteiger charge is -2.26. The van der Waals surface area contributed by atoms with Gasteiger partial charge in [0.15, 0.2) is 0 Å². The van der Waals surface area contributed by atoms with Gasteiger partial charge < -0.3 is 4.74 Å². The third-order valence-electron chi connectivity index (χ3n) is 3.88. The Labute approximate surface area is 161 Å². The molecule has 0 unspecified atom stereocenters. The first-order valence-corrected chi connectivity index (χ1v) is 11.2. The predicted octanol–water partition coefficient (Wildman–Crippen LogP) is 2.30. The summed E-state index contributed by atoms with van der Waals surface area (Å²) in [6.45, 7) is 1.02. The number of benzene rings is 2. The van der Waals surface area contributed by atoms with E-state index in [9.17, 15) is 21.2 Å². The largest absolute Gasteiger partial charge is 0.379 e. The van der Waals surface area contributed by atoms with E-state index >= 15 is 0 Å². The minimum Gasteiger partial charge on any atom is -0.379 e. The monoisotopic (exact) mass is 434 g/mol. The number of ether oxygens (including phenoxy) is 1. The number of rotatable bonds is 5. The first kappa shape index (κ1) is 20.0. The molecule has 1 N–H and O–H groups in total. The van der Waals surface area contributed by atoms with E-state index in [2.05, 4.69) is 4.72 Å². The molecule has 1 aliphatic rings. The van der Waals surface area contributed by atoms with Crippen molar-refractivity contribution >= 4 is 37.3 Å². The third kappa shape index (κ3) is 4.41. The van der Waals surface area contributed by atoms with Crippen LogP contribution in [0.5, 0.6) is 0 Å². The Hall–Kier alpha value is -1.72. The molecule has 0 amide bonds. The molecule has 146 valence electrons. The molecule has 0 bridgehead atoms. The van der Waals surface area contributed by atoms with Gasteiger partial charge in [-0.15, -0.1) is 0 Å². The second-order valence-corrected chi connectivity index (χ2v) is 9.75. The highest BCUT2D eigenvalue weighted by Crippen LogP contribution is 2.24. The molecule has 3 rings (SSSR count). The summed E-state index contributed by atoms with van der Waals surface area (Å²) in [5.74, 6) is -1.01. The number of hydrogen-bond acceptors (Lipinski definition) is 5. The predicted molar refractivity (Wildman–Crippen MR) is 98.2 cm³/mol. The topological polar surface area (TPSA) is 92.8 Å². The Balaban J connectivity index is 1.89. The van der Waals surface area contributed by atoms with Gasteiger partial charge in [-0.25, -0.2) is 21.2 Å². The van der Waals surface area contributed by atoms with E-state index in [4.69, 9.17) is 16.3 Å². The fourth-order valence-corrected chi connectivity index (χ4v) is 5.28. The number of nitrogens with zero attached hydrogens (tertiary/aromatic N) is 1. The molecule has 27 heavy (non-hydrogen) atoms. The third-order valence-corrected chi connectivity index (χ3v) is 7.42. The zero-order valence-electron chi connectivity index (χ0n) is 13.9. The van der Waals surface area contributed by atoms with Crippen LogP contribution in [0.1, 0.15) is 0 Å².